The molecule has 0 radical (unpaired) electrons. The predicted octanol–water partition coefficient (Wildman–Crippen LogP) is 2.47. The van der Waals surface area contributed by atoms with E-state index in [4.69, 9.17) is 0 Å². The van der Waals surface area contributed by atoms with E-state index in [1.165, 1.54) is 18.4 Å². The summed E-state index contributed by atoms with van der Waals surface area (Å²) in [7, 11) is 5.20. The molecule has 0 bridgehead atoms. The molecule has 0 spiro atoms. The fourth-order valence-electron chi connectivity index (χ4n) is 1.20. The minimum absolute atomic E-state index is 0.00116. The molecule has 5 nitrogen and oxygen atoms in total. The van der Waals surface area contributed by atoms with Gasteiger partial charge in [-0.3, -0.25) is 0 Å². The molecule has 0 amide bonds. The lowest BCUT2D eigenvalue weighted by atomic mass is 10.4. The molecule has 2 aromatic rings. The molecule has 19 heavy (non-hydrogen) atoms. The largest absolute Gasteiger partial charge is 0.371 e. The van der Waals surface area contributed by atoms with Crippen molar-refractivity contribution in [1.29, 1.82) is 0 Å². The van der Waals surface area contributed by atoms with Gasteiger partial charge in [0.2, 0.25) is 5.13 Å². The van der Waals surface area contributed by atoms with Crippen LogP contribution in [0.5, 0.6) is 0 Å². The van der Waals surface area contributed by atoms with Crippen LogP contribution >= 0.6 is 23.1 Å². The third kappa shape index (κ3) is 3.10. The van der Waals surface area contributed by atoms with Crippen molar-refractivity contribution in [1.82, 2.24) is 15.2 Å². The molecule has 0 aliphatic rings. The van der Waals surface area contributed by atoms with Gasteiger partial charge in [0.1, 0.15) is 5.03 Å². The first-order valence-electron chi connectivity index (χ1n) is 5.23. The average molecular weight is 303 g/mol. The van der Waals surface area contributed by atoms with Crippen LogP contribution in [-0.2, 0) is 0 Å². The quantitative estimate of drug-likeness (QED) is 0.936. The number of anilines is 2. The minimum Gasteiger partial charge on any atom is -0.371 e. The van der Waals surface area contributed by atoms with Crippen molar-refractivity contribution in [2.75, 3.05) is 31.4 Å². The van der Waals surface area contributed by atoms with Crippen molar-refractivity contribution >= 4 is 34.0 Å². The van der Waals surface area contributed by atoms with Crippen LogP contribution < -0.4 is 10.2 Å². The van der Waals surface area contributed by atoms with Crippen LogP contribution in [0, 0.1) is 11.6 Å². The first kappa shape index (κ1) is 13.9. The Morgan fingerprint density at radius 1 is 1.26 bits per heavy atom. The maximum Gasteiger partial charge on any atom is 0.208 e. The number of hydrogen-bond donors (Lipinski definition) is 1. The summed E-state index contributed by atoms with van der Waals surface area (Å²) in [6.07, 6.45) is 0. The van der Waals surface area contributed by atoms with Crippen molar-refractivity contribution < 1.29 is 8.78 Å². The summed E-state index contributed by atoms with van der Waals surface area (Å²) in [6.45, 7) is 0. The Labute approximate surface area is 117 Å². The van der Waals surface area contributed by atoms with Crippen molar-refractivity contribution in [2.24, 2.45) is 0 Å². The van der Waals surface area contributed by atoms with Crippen molar-refractivity contribution in [3.05, 3.63) is 17.7 Å². The monoisotopic (exact) mass is 303 g/mol. The zero-order valence-electron chi connectivity index (χ0n) is 10.4. The van der Waals surface area contributed by atoms with E-state index in [1.807, 2.05) is 14.1 Å². The SMILES string of the molecule is CNc1nc(Sc2nnc(N(C)C)s2)c(F)cc1F. The molecule has 2 aromatic heterocycles. The van der Waals surface area contributed by atoms with Gasteiger partial charge in [-0.05, 0) is 11.8 Å². The van der Waals surface area contributed by atoms with E-state index >= 15 is 0 Å². The highest BCUT2D eigenvalue weighted by atomic mass is 32.2. The number of pyridine rings is 1. The summed E-state index contributed by atoms with van der Waals surface area (Å²) in [5, 5.41) is 11.2. The fourth-order valence-corrected chi connectivity index (χ4v) is 2.87. The minimum atomic E-state index is -0.726. The Morgan fingerprint density at radius 3 is 2.58 bits per heavy atom. The first-order valence-corrected chi connectivity index (χ1v) is 6.87. The van der Waals surface area contributed by atoms with Crippen LogP contribution in [0.4, 0.5) is 19.7 Å². The Hall–Kier alpha value is -1.48. The van der Waals surface area contributed by atoms with Gasteiger partial charge >= 0.3 is 0 Å². The summed E-state index contributed by atoms with van der Waals surface area (Å²) in [5.41, 5.74) is 0. The summed E-state index contributed by atoms with van der Waals surface area (Å²) in [5.74, 6) is -1.44. The van der Waals surface area contributed by atoms with Gasteiger partial charge in [-0.1, -0.05) is 11.3 Å². The van der Waals surface area contributed by atoms with Gasteiger partial charge in [-0.25, -0.2) is 13.8 Å². The number of aromatic nitrogens is 3. The van der Waals surface area contributed by atoms with E-state index in [0.29, 0.717) is 9.47 Å². The highest BCUT2D eigenvalue weighted by Gasteiger charge is 2.15. The van der Waals surface area contributed by atoms with E-state index in [-0.39, 0.29) is 10.8 Å². The van der Waals surface area contributed by atoms with Gasteiger partial charge in [0.05, 0.1) is 0 Å². The number of nitrogens with one attached hydrogen (secondary N) is 1. The second kappa shape index (κ2) is 5.66. The Kier molecular flexibility index (Phi) is 4.15. The van der Waals surface area contributed by atoms with E-state index in [9.17, 15) is 8.78 Å². The van der Waals surface area contributed by atoms with Gasteiger partial charge in [-0.2, -0.15) is 0 Å². The molecule has 2 heterocycles. The molecule has 0 saturated heterocycles. The molecule has 2 rings (SSSR count). The highest BCUT2D eigenvalue weighted by molar-refractivity contribution is 8.01. The molecular weight excluding hydrogens is 292 g/mol. The topological polar surface area (TPSA) is 53.9 Å². The second-order valence-corrected chi connectivity index (χ2v) is 5.89. The van der Waals surface area contributed by atoms with Crippen LogP contribution in [0.25, 0.3) is 0 Å². The normalized spacial score (nSPS) is 10.6. The third-order valence-electron chi connectivity index (χ3n) is 2.10. The molecule has 0 saturated carbocycles. The zero-order chi connectivity index (χ0) is 14.0. The van der Waals surface area contributed by atoms with Crippen LogP contribution in [0.3, 0.4) is 0 Å². The van der Waals surface area contributed by atoms with Gasteiger partial charge in [0, 0.05) is 27.2 Å². The number of halogens is 2. The van der Waals surface area contributed by atoms with E-state index in [0.717, 1.165) is 17.8 Å². The summed E-state index contributed by atoms with van der Waals surface area (Å²) in [6, 6.07) is 0.801. The lowest BCUT2D eigenvalue weighted by Gasteiger charge is -2.05. The molecule has 0 atom stereocenters. The molecule has 0 aliphatic carbocycles. The van der Waals surface area contributed by atoms with Crippen molar-refractivity contribution in [3.63, 3.8) is 0 Å². The Bertz CT molecular complexity index is 587. The highest BCUT2D eigenvalue weighted by Crippen LogP contribution is 2.34. The van der Waals surface area contributed by atoms with E-state index < -0.39 is 11.6 Å². The van der Waals surface area contributed by atoms with Crippen LogP contribution in [0.15, 0.2) is 15.4 Å². The lowest BCUT2D eigenvalue weighted by Crippen LogP contribution is -2.07. The zero-order valence-corrected chi connectivity index (χ0v) is 12.1. The average Bonchev–Trinajstić information content (AvgIpc) is 2.81. The lowest BCUT2D eigenvalue weighted by molar-refractivity contribution is 0.551. The first-order chi connectivity index (χ1) is 9.01. The van der Waals surface area contributed by atoms with Gasteiger partial charge in [0.15, 0.2) is 21.8 Å². The fraction of sp³-hybridized carbons (Fsp3) is 0.300. The van der Waals surface area contributed by atoms with E-state index in [1.54, 1.807) is 4.90 Å². The molecule has 102 valence electrons. The van der Waals surface area contributed by atoms with Crippen LogP contribution in [0.1, 0.15) is 0 Å². The molecular formula is C10H11F2N5S2. The molecule has 0 aliphatic heterocycles. The molecule has 0 fully saturated rings. The standard InChI is InChI=1S/C10H11F2N5S2/c1-13-7-5(11)4-6(12)8(14-7)18-10-16-15-9(19-10)17(2)3/h4H,1-3H3,(H,13,14). The third-order valence-corrected chi connectivity index (χ3v) is 4.22. The Balaban J connectivity index is 2.27. The maximum absolute atomic E-state index is 13.6. The number of hydrogen-bond acceptors (Lipinski definition) is 7. The van der Waals surface area contributed by atoms with Gasteiger partial charge in [-0.15, -0.1) is 10.2 Å². The van der Waals surface area contributed by atoms with E-state index in [2.05, 4.69) is 20.5 Å². The number of rotatable bonds is 4. The summed E-state index contributed by atoms with van der Waals surface area (Å²) in [4.78, 5) is 5.67. The molecule has 0 aromatic carbocycles. The Morgan fingerprint density at radius 2 is 2.00 bits per heavy atom. The van der Waals surface area contributed by atoms with Crippen LogP contribution in [0.2, 0.25) is 0 Å². The smallest absolute Gasteiger partial charge is 0.208 e. The van der Waals surface area contributed by atoms with Gasteiger partial charge in [0.25, 0.3) is 0 Å². The second-order valence-electron chi connectivity index (χ2n) is 3.70. The summed E-state index contributed by atoms with van der Waals surface area (Å²) >= 11 is 2.32. The predicted molar refractivity (Wildman–Crippen MR) is 72.1 cm³/mol. The van der Waals surface area contributed by atoms with Crippen molar-refractivity contribution in [3.8, 4) is 0 Å². The van der Waals surface area contributed by atoms with Gasteiger partial charge < -0.3 is 10.2 Å². The maximum atomic E-state index is 13.6. The molecule has 1 N–H and O–H groups in total. The van der Waals surface area contributed by atoms with Crippen LogP contribution in [-0.4, -0.2) is 36.3 Å². The van der Waals surface area contributed by atoms with Crippen molar-refractivity contribution in [2.45, 2.75) is 9.37 Å². The number of nitrogens with zero attached hydrogens (tertiary/aromatic N) is 4. The summed E-state index contributed by atoms with van der Waals surface area (Å²) < 4.78 is 27.4. The molecule has 9 heteroatoms. The molecule has 0 unspecified atom stereocenters.